The first-order chi connectivity index (χ1) is 31.1. The standard InChI is InChI=1S/C33H40N4O4.3C4H4O4/c38-32(37-19-17-35(18-20-37)24-27-11-12-30-31(23-27)41-26-40-30)25-36-15-13-34(14-16-36)21-22-39-33(28-7-3-1-4-8-28)29-9-5-2-6-10-29;3*5-3(6)1-2-4(7)8/h1-12,23,33H,13-22,24-26H2;3*1-2H,(H,5,6)(H,7,8)/b;3*2-1+. The minimum atomic E-state index is -1.26. The fourth-order valence-corrected chi connectivity index (χ4v) is 6.28. The van der Waals surface area contributed by atoms with Crippen molar-refractivity contribution in [3.05, 3.63) is 132 Å². The van der Waals surface area contributed by atoms with E-state index in [1.165, 1.54) is 16.7 Å². The van der Waals surface area contributed by atoms with Crippen LogP contribution in [0.15, 0.2) is 115 Å². The first kappa shape index (κ1) is 52.0. The molecule has 0 atom stereocenters. The molecule has 0 bridgehead atoms. The summed E-state index contributed by atoms with van der Waals surface area (Å²) in [5.74, 6) is -5.65. The number of nitrogens with zero attached hydrogens (tertiary/aromatic N) is 4. The molecule has 0 aliphatic carbocycles. The molecule has 0 spiro atoms. The van der Waals surface area contributed by atoms with E-state index < -0.39 is 35.8 Å². The van der Waals surface area contributed by atoms with Gasteiger partial charge in [0.15, 0.2) is 11.5 Å². The van der Waals surface area contributed by atoms with Gasteiger partial charge in [-0.3, -0.25) is 19.5 Å². The van der Waals surface area contributed by atoms with E-state index in [0.717, 1.165) is 76.9 Å². The molecule has 3 aromatic carbocycles. The molecule has 3 aliphatic rings. The first-order valence-electron chi connectivity index (χ1n) is 20.1. The van der Waals surface area contributed by atoms with E-state index in [9.17, 15) is 33.6 Å². The Hall–Kier alpha value is -7.39. The third-order valence-electron chi connectivity index (χ3n) is 9.39. The lowest BCUT2D eigenvalue weighted by Crippen LogP contribution is -2.53. The third-order valence-corrected chi connectivity index (χ3v) is 9.39. The Kier molecular flexibility index (Phi) is 22.6. The molecule has 2 saturated heterocycles. The van der Waals surface area contributed by atoms with E-state index in [4.69, 9.17) is 44.8 Å². The highest BCUT2D eigenvalue weighted by Crippen LogP contribution is 2.33. The molecule has 3 aromatic rings. The molecule has 20 nitrogen and oxygen atoms in total. The van der Waals surface area contributed by atoms with Crippen molar-refractivity contribution in [2.75, 3.05) is 78.8 Å². The average Bonchev–Trinajstić information content (AvgIpc) is 3.76. The number of hydrogen-bond acceptors (Lipinski definition) is 13. The highest BCUT2D eigenvalue weighted by molar-refractivity contribution is 5.90. The monoisotopic (exact) mass is 904 g/mol. The molecule has 6 N–H and O–H groups in total. The van der Waals surface area contributed by atoms with Crippen molar-refractivity contribution in [2.45, 2.75) is 12.6 Å². The number of rotatable bonds is 16. The third kappa shape index (κ3) is 21.5. The molecule has 3 aliphatic heterocycles. The van der Waals surface area contributed by atoms with Crippen LogP contribution in [0.3, 0.4) is 0 Å². The van der Waals surface area contributed by atoms with Crippen LogP contribution in [0.25, 0.3) is 0 Å². The molecule has 0 radical (unpaired) electrons. The number of hydrogen-bond donors (Lipinski definition) is 6. The smallest absolute Gasteiger partial charge is 0.328 e. The Morgan fingerprint density at radius 1 is 0.523 bits per heavy atom. The molecule has 0 aromatic heterocycles. The lowest BCUT2D eigenvalue weighted by molar-refractivity contribution is -0.135. The van der Waals surface area contributed by atoms with Crippen LogP contribution in [0.1, 0.15) is 22.8 Å². The minimum Gasteiger partial charge on any atom is -0.478 e. The van der Waals surface area contributed by atoms with Crippen molar-refractivity contribution in [3.63, 3.8) is 0 Å². The molecule has 0 unspecified atom stereocenters. The number of piperazine rings is 2. The predicted molar refractivity (Wildman–Crippen MR) is 231 cm³/mol. The van der Waals surface area contributed by atoms with Gasteiger partial charge in [-0.25, -0.2) is 28.8 Å². The molecular weight excluding hydrogens is 853 g/mol. The summed E-state index contributed by atoms with van der Waals surface area (Å²) in [5.41, 5.74) is 3.57. The Morgan fingerprint density at radius 3 is 1.38 bits per heavy atom. The fraction of sp³-hybridized carbons (Fsp3) is 0.311. The van der Waals surface area contributed by atoms with Gasteiger partial charge in [0.2, 0.25) is 12.7 Å². The van der Waals surface area contributed by atoms with Crippen molar-refractivity contribution in [2.24, 2.45) is 0 Å². The van der Waals surface area contributed by atoms with Crippen LogP contribution in [0.4, 0.5) is 0 Å². The van der Waals surface area contributed by atoms with Crippen molar-refractivity contribution in [3.8, 4) is 11.5 Å². The normalized spacial score (nSPS) is 15.0. The van der Waals surface area contributed by atoms with Gasteiger partial charge < -0.3 is 49.7 Å². The van der Waals surface area contributed by atoms with E-state index in [1.54, 1.807) is 0 Å². The summed E-state index contributed by atoms with van der Waals surface area (Å²) in [7, 11) is 0. The highest BCUT2D eigenvalue weighted by Gasteiger charge is 2.25. The lowest BCUT2D eigenvalue weighted by atomic mass is 10.0. The number of carbonyl (C=O) groups is 7. The average molecular weight is 905 g/mol. The molecule has 0 saturated carbocycles. The Morgan fingerprint density at radius 2 is 0.938 bits per heavy atom. The highest BCUT2D eigenvalue weighted by atomic mass is 16.7. The second-order valence-electron chi connectivity index (χ2n) is 14.1. The number of ether oxygens (including phenoxy) is 3. The maximum absolute atomic E-state index is 13.1. The fourth-order valence-electron chi connectivity index (χ4n) is 6.28. The Balaban J connectivity index is 0.000000383. The second-order valence-corrected chi connectivity index (χ2v) is 14.1. The summed E-state index contributed by atoms with van der Waals surface area (Å²) >= 11 is 0. The number of amides is 1. The van der Waals surface area contributed by atoms with Crippen molar-refractivity contribution in [1.29, 1.82) is 0 Å². The van der Waals surface area contributed by atoms with Gasteiger partial charge in [0.1, 0.15) is 6.10 Å². The van der Waals surface area contributed by atoms with Gasteiger partial charge in [0.25, 0.3) is 0 Å². The summed E-state index contributed by atoms with van der Waals surface area (Å²) < 4.78 is 17.3. The maximum atomic E-state index is 13.1. The first-order valence-corrected chi connectivity index (χ1v) is 20.1. The quantitative estimate of drug-likeness (QED) is 0.113. The van der Waals surface area contributed by atoms with Crippen molar-refractivity contribution >= 4 is 41.7 Å². The predicted octanol–water partition coefficient (Wildman–Crippen LogP) is 2.62. The lowest BCUT2D eigenvalue weighted by Gasteiger charge is -2.38. The molecule has 6 rings (SSSR count). The van der Waals surface area contributed by atoms with Crippen LogP contribution in [0, 0.1) is 0 Å². The number of carboxylic acids is 6. The minimum absolute atomic E-state index is 0.0613. The summed E-state index contributed by atoms with van der Waals surface area (Å²) in [5, 5.41) is 46.9. The molecule has 65 heavy (non-hydrogen) atoms. The molecule has 20 heteroatoms. The van der Waals surface area contributed by atoms with Crippen LogP contribution in [0.5, 0.6) is 11.5 Å². The van der Waals surface area contributed by atoms with Crippen molar-refractivity contribution in [1.82, 2.24) is 19.6 Å². The molecule has 348 valence electrons. The molecule has 1 amide bonds. The molecule has 3 heterocycles. The summed E-state index contributed by atoms with van der Waals surface area (Å²) in [6.45, 7) is 10.3. The van der Waals surface area contributed by atoms with Crippen LogP contribution < -0.4 is 9.47 Å². The van der Waals surface area contributed by atoms with Crippen LogP contribution in [-0.2, 0) is 44.8 Å². The maximum Gasteiger partial charge on any atom is 0.328 e. The number of fused-ring (bicyclic) bond motifs is 1. The van der Waals surface area contributed by atoms with E-state index in [0.29, 0.717) is 56.4 Å². The van der Waals surface area contributed by atoms with E-state index in [2.05, 4.69) is 75.4 Å². The van der Waals surface area contributed by atoms with Gasteiger partial charge in [-0.1, -0.05) is 66.7 Å². The van der Waals surface area contributed by atoms with Crippen LogP contribution in [-0.4, -0.2) is 171 Å². The summed E-state index contributed by atoms with van der Waals surface area (Å²) in [6.07, 6.45) is 3.29. The van der Waals surface area contributed by atoms with Crippen LogP contribution >= 0.6 is 0 Å². The van der Waals surface area contributed by atoms with Gasteiger partial charge in [0, 0.05) is 102 Å². The van der Waals surface area contributed by atoms with Gasteiger partial charge in [-0.15, -0.1) is 0 Å². The van der Waals surface area contributed by atoms with E-state index in [-0.39, 0.29) is 12.0 Å². The SMILES string of the molecule is O=C(CN1CCN(CCOC(c2ccccc2)c2ccccc2)CC1)N1CCN(Cc2ccc3c(c2)OCO3)CC1.O=C(O)/C=C/C(=O)O.O=C(O)/C=C/C(=O)O.O=C(O)/C=C/C(=O)O. The van der Waals surface area contributed by atoms with Gasteiger partial charge in [-0.2, -0.15) is 0 Å². The van der Waals surface area contributed by atoms with E-state index in [1.807, 2.05) is 23.1 Å². The number of aliphatic carboxylic acids is 6. The topological polar surface area (TPSA) is 282 Å². The van der Waals surface area contributed by atoms with Gasteiger partial charge in [-0.05, 0) is 28.8 Å². The Labute approximate surface area is 374 Å². The van der Waals surface area contributed by atoms with Crippen LogP contribution in [0.2, 0.25) is 0 Å². The zero-order chi connectivity index (χ0) is 47.6. The number of carboxylic acid groups (broad SMARTS) is 6. The molecule has 2 fully saturated rings. The van der Waals surface area contributed by atoms with Crippen molar-refractivity contribution < 1.29 is 78.4 Å². The number of benzene rings is 3. The zero-order valence-electron chi connectivity index (χ0n) is 35.3. The Bertz CT molecular complexity index is 1950. The summed E-state index contributed by atoms with van der Waals surface area (Å²) in [4.78, 5) is 79.6. The molecular formula is C45H52N4O16. The second kappa shape index (κ2) is 28.3. The number of carbonyl (C=O) groups excluding carboxylic acids is 1. The van der Waals surface area contributed by atoms with Gasteiger partial charge in [0.05, 0.1) is 13.2 Å². The largest absolute Gasteiger partial charge is 0.478 e. The van der Waals surface area contributed by atoms with Gasteiger partial charge >= 0.3 is 35.8 Å². The summed E-state index contributed by atoms with van der Waals surface area (Å²) in [6, 6.07) is 27.0. The zero-order valence-corrected chi connectivity index (χ0v) is 35.3. The van der Waals surface area contributed by atoms with E-state index >= 15 is 0 Å².